The van der Waals surface area contributed by atoms with Crippen molar-refractivity contribution >= 4 is 33.9 Å². The number of thiazole rings is 1. The first-order chi connectivity index (χ1) is 13.6. The summed E-state index contributed by atoms with van der Waals surface area (Å²) in [5, 5.41) is 8.76. The summed E-state index contributed by atoms with van der Waals surface area (Å²) in [6, 6.07) is 6.22. The van der Waals surface area contributed by atoms with Crippen LogP contribution in [0.3, 0.4) is 0 Å². The second kappa shape index (κ2) is 8.28. The van der Waals surface area contributed by atoms with Gasteiger partial charge in [0.1, 0.15) is 15.6 Å². The van der Waals surface area contributed by atoms with Crippen LogP contribution in [0.4, 0.5) is 5.69 Å². The molecule has 0 radical (unpaired) electrons. The van der Waals surface area contributed by atoms with Gasteiger partial charge in [0.25, 0.3) is 5.91 Å². The monoisotopic (exact) mass is 399 g/mol. The van der Waals surface area contributed by atoms with Crippen LogP contribution in [-0.4, -0.2) is 61.2 Å². The fraction of sp³-hybridized carbons (Fsp3) is 0.450. The van der Waals surface area contributed by atoms with Crippen LogP contribution in [0.15, 0.2) is 28.9 Å². The molecule has 0 unspecified atom stereocenters. The molecule has 1 aliphatic rings. The van der Waals surface area contributed by atoms with E-state index in [1.807, 2.05) is 25.1 Å². The third-order valence-electron chi connectivity index (χ3n) is 4.95. The Morgan fingerprint density at radius 3 is 2.89 bits per heavy atom. The molecule has 1 fully saturated rings. The average molecular weight is 400 g/mol. The Labute approximate surface area is 168 Å². The number of fused-ring (bicyclic) bond motifs is 1. The number of nitrogens with zero attached hydrogens (tertiary/aromatic N) is 4. The van der Waals surface area contributed by atoms with E-state index in [0.717, 1.165) is 30.6 Å². The Morgan fingerprint density at radius 2 is 2.11 bits per heavy atom. The number of benzene rings is 1. The fourth-order valence-electron chi connectivity index (χ4n) is 3.40. The fourth-order valence-corrected chi connectivity index (χ4v) is 4.23. The van der Waals surface area contributed by atoms with Gasteiger partial charge >= 0.3 is 0 Å². The Hall–Kier alpha value is -2.45. The molecule has 0 saturated carbocycles. The van der Waals surface area contributed by atoms with E-state index < -0.39 is 0 Å². The molecule has 0 aliphatic carbocycles. The average Bonchev–Trinajstić information content (AvgIpc) is 3.34. The van der Waals surface area contributed by atoms with Crippen LogP contribution in [0.1, 0.15) is 28.9 Å². The van der Waals surface area contributed by atoms with Gasteiger partial charge in [-0.05, 0) is 45.5 Å². The van der Waals surface area contributed by atoms with E-state index >= 15 is 0 Å². The molecule has 0 spiro atoms. The molecule has 2 aromatic heterocycles. The highest BCUT2D eigenvalue weighted by Crippen LogP contribution is 2.33. The van der Waals surface area contributed by atoms with Crippen LogP contribution in [0.5, 0.6) is 0 Å². The third-order valence-corrected chi connectivity index (χ3v) is 5.96. The number of aromatic nitrogens is 2. The number of carbonyl (C=O) groups is 1. The Balaban J connectivity index is 1.51. The largest absolute Gasteiger partial charge is 0.371 e. The molecule has 1 saturated heterocycles. The second-order valence-corrected chi connectivity index (χ2v) is 8.38. The van der Waals surface area contributed by atoms with Gasteiger partial charge < -0.3 is 19.6 Å². The van der Waals surface area contributed by atoms with Gasteiger partial charge in [0.15, 0.2) is 5.58 Å². The van der Waals surface area contributed by atoms with E-state index in [1.54, 1.807) is 6.20 Å². The lowest BCUT2D eigenvalue weighted by atomic mass is 10.1. The minimum Gasteiger partial charge on any atom is -0.371 e. The molecular formula is C20H25N5O2S. The Kier molecular flexibility index (Phi) is 5.59. The summed E-state index contributed by atoms with van der Waals surface area (Å²) < 4.78 is 5.58. The van der Waals surface area contributed by atoms with Crippen LogP contribution >= 0.6 is 11.3 Å². The molecule has 4 rings (SSSR count). The standard InChI is InChI=1S/C20H25N5O2S/c1-24(2)11-8-21-19(26)17-13-22-20(28-17)18-15-7-6-14(12-16(15)27-23-18)25-9-4-3-5-10-25/h6-7,12-13H,3-5,8-11H2,1-2H3,(H,21,26). The lowest BCUT2D eigenvalue weighted by Crippen LogP contribution is -2.30. The summed E-state index contributed by atoms with van der Waals surface area (Å²) in [6.45, 7) is 3.58. The zero-order valence-electron chi connectivity index (χ0n) is 16.3. The maximum absolute atomic E-state index is 12.3. The maximum Gasteiger partial charge on any atom is 0.263 e. The van der Waals surface area contributed by atoms with Crippen LogP contribution < -0.4 is 10.2 Å². The quantitative estimate of drug-likeness (QED) is 0.686. The smallest absolute Gasteiger partial charge is 0.263 e. The van der Waals surface area contributed by atoms with Gasteiger partial charge in [-0.3, -0.25) is 4.79 Å². The van der Waals surface area contributed by atoms with E-state index in [0.29, 0.717) is 22.1 Å². The van der Waals surface area contributed by atoms with Crippen LogP contribution in [-0.2, 0) is 0 Å². The first kappa shape index (κ1) is 18.9. The van der Waals surface area contributed by atoms with Crippen molar-refractivity contribution in [2.24, 2.45) is 0 Å². The lowest BCUT2D eigenvalue weighted by Gasteiger charge is -2.28. The van der Waals surface area contributed by atoms with Crippen molar-refractivity contribution in [1.29, 1.82) is 0 Å². The number of nitrogens with one attached hydrogen (secondary N) is 1. The summed E-state index contributed by atoms with van der Waals surface area (Å²) in [7, 11) is 3.95. The molecular weight excluding hydrogens is 374 g/mol. The number of likely N-dealkylation sites (N-methyl/N-ethyl adjacent to an activating group) is 1. The number of anilines is 1. The number of amides is 1. The van der Waals surface area contributed by atoms with Crippen LogP contribution in [0.25, 0.3) is 21.7 Å². The van der Waals surface area contributed by atoms with E-state index in [9.17, 15) is 4.79 Å². The van der Waals surface area contributed by atoms with Gasteiger partial charge in [-0.1, -0.05) is 5.16 Å². The predicted molar refractivity (Wildman–Crippen MR) is 112 cm³/mol. The topological polar surface area (TPSA) is 74.5 Å². The SMILES string of the molecule is CN(C)CCNC(=O)c1cnc(-c2noc3cc(N4CCCCC4)ccc23)s1. The molecule has 1 aromatic carbocycles. The van der Waals surface area contributed by atoms with Crippen molar-refractivity contribution in [3.8, 4) is 10.7 Å². The number of hydrogen-bond acceptors (Lipinski definition) is 7. The van der Waals surface area contributed by atoms with Gasteiger partial charge in [0.05, 0.1) is 11.6 Å². The summed E-state index contributed by atoms with van der Waals surface area (Å²) in [6.07, 6.45) is 5.38. The molecule has 0 atom stereocenters. The molecule has 3 heterocycles. The van der Waals surface area contributed by atoms with Gasteiger partial charge in [-0.25, -0.2) is 4.98 Å². The van der Waals surface area contributed by atoms with E-state index in [2.05, 4.69) is 32.5 Å². The molecule has 28 heavy (non-hydrogen) atoms. The summed E-state index contributed by atoms with van der Waals surface area (Å²) in [4.78, 5) is 21.7. The summed E-state index contributed by atoms with van der Waals surface area (Å²) in [5.74, 6) is -0.106. The van der Waals surface area contributed by atoms with E-state index in [1.165, 1.54) is 36.3 Å². The molecule has 148 valence electrons. The molecule has 1 N–H and O–H groups in total. The van der Waals surface area contributed by atoms with Crippen molar-refractivity contribution in [3.05, 3.63) is 29.3 Å². The highest BCUT2D eigenvalue weighted by atomic mass is 32.1. The van der Waals surface area contributed by atoms with Crippen LogP contribution in [0, 0.1) is 0 Å². The minimum absolute atomic E-state index is 0.106. The van der Waals surface area contributed by atoms with Crippen molar-refractivity contribution in [2.45, 2.75) is 19.3 Å². The lowest BCUT2D eigenvalue weighted by molar-refractivity contribution is 0.0955. The van der Waals surface area contributed by atoms with Gasteiger partial charge in [-0.2, -0.15) is 0 Å². The maximum atomic E-state index is 12.3. The molecule has 7 nitrogen and oxygen atoms in total. The number of rotatable bonds is 6. The number of carbonyl (C=O) groups excluding carboxylic acids is 1. The molecule has 1 aliphatic heterocycles. The highest BCUT2D eigenvalue weighted by Gasteiger charge is 2.18. The zero-order chi connectivity index (χ0) is 19.5. The molecule has 1 amide bonds. The zero-order valence-corrected chi connectivity index (χ0v) is 17.1. The molecule has 0 bridgehead atoms. The van der Waals surface area contributed by atoms with E-state index in [-0.39, 0.29) is 5.91 Å². The summed E-state index contributed by atoms with van der Waals surface area (Å²) >= 11 is 1.33. The third kappa shape index (κ3) is 4.02. The van der Waals surface area contributed by atoms with Crippen molar-refractivity contribution < 1.29 is 9.32 Å². The molecule has 8 heteroatoms. The van der Waals surface area contributed by atoms with Gasteiger partial charge in [-0.15, -0.1) is 11.3 Å². The van der Waals surface area contributed by atoms with E-state index in [4.69, 9.17) is 4.52 Å². The van der Waals surface area contributed by atoms with Crippen LogP contribution in [0.2, 0.25) is 0 Å². The summed E-state index contributed by atoms with van der Waals surface area (Å²) in [5.41, 5.74) is 2.62. The van der Waals surface area contributed by atoms with Crippen molar-refractivity contribution in [2.75, 3.05) is 45.2 Å². The number of hydrogen-bond donors (Lipinski definition) is 1. The van der Waals surface area contributed by atoms with Gasteiger partial charge in [0, 0.05) is 37.9 Å². The second-order valence-electron chi connectivity index (χ2n) is 7.35. The van der Waals surface area contributed by atoms with Crippen molar-refractivity contribution in [1.82, 2.24) is 20.4 Å². The minimum atomic E-state index is -0.106. The molecule has 3 aromatic rings. The Bertz CT molecular complexity index is 959. The Morgan fingerprint density at radius 1 is 1.29 bits per heavy atom. The normalized spacial score (nSPS) is 14.8. The highest BCUT2D eigenvalue weighted by molar-refractivity contribution is 7.17. The predicted octanol–water partition coefficient (Wildman–Crippen LogP) is 3.23. The van der Waals surface area contributed by atoms with Crippen molar-refractivity contribution in [3.63, 3.8) is 0 Å². The first-order valence-electron chi connectivity index (χ1n) is 9.65. The first-order valence-corrected chi connectivity index (χ1v) is 10.5. The van der Waals surface area contributed by atoms with Gasteiger partial charge in [0.2, 0.25) is 0 Å². The number of piperidine rings is 1.